The molecule has 9 heavy (non-hydrogen) atoms. The van der Waals surface area contributed by atoms with Gasteiger partial charge in [0.15, 0.2) is 0 Å². The third-order valence-electron chi connectivity index (χ3n) is 0.976. The molecule has 0 amide bonds. The van der Waals surface area contributed by atoms with Gasteiger partial charge in [-0.25, -0.2) is 0 Å². The predicted molar refractivity (Wildman–Crippen MR) is 44.5 cm³/mol. The molecule has 0 bridgehead atoms. The maximum atomic E-state index is 5.47. The van der Waals surface area contributed by atoms with E-state index in [0.29, 0.717) is 6.10 Å². The van der Waals surface area contributed by atoms with E-state index in [4.69, 9.17) is 16.3 Å². The zero-order chi connectivity index (χ0) is 7.11. The van der Waals surface area contributed by atoms with Gasteiger partial charge >= 0.3 is 0 Å². The highest BCUT2D eigenvalue weighted by atomic mass is 35.5. The van der Waals surface area contributed by atoms with Crippen LogP contribution in [0.2, 0.25) is 0 Å². The third kappa shape index (κ3) is 6.49. The van der Waals surface area contributed by atoms with Gasteiger partial charge in [-0.1, -0.05) is 0 Å². The van der Waals surface area contributed by atoms with Crippen LogP contribution in [-0.4, -0.2) is 30.6 Å². The molecule has 0 saturated carbocycles. The fourth-order valence-electron chi connectivity index (χ4n) is 0.372. The Hall–Kier alpha value is 0.600. The largest absolute Gasteiger partial charge is 0.381 e. The van der Waals surface area contributed by atoms with Gasteiger partial charge in [-0.15, -0.1) is 11.6 Å². The van der Waals surface area contributed by atoms with Gasteiger partial charge in [0.25, 0.3) is 0 Å². The number of rotatable bonds is 5. The summed E-state index contributed by atoms with van der Waals surface area (Å²) in [7, 11) is 1.73. The minimum atomic E-state index is 0.359. The van der Waals surface area contributed by atoms with Gasteiger partial charge in [-0.05, 0) is 6.92 Å². The number of thioether (sulfide) groups is 1. The van der Waals surface area contributed by atoms with Crippen LogP contribution >= 0.6 is 23.4 Å². The maximum Gasteiger partial charge on any atom is 0.0633 e. The van der Waals surface area contributed by atoms with Gasteiger partial charge in [0.2, 0.25) is 0 Å². The van der Waals surface area contributed by atoms with Crippen LogP contribution in [0.3, 0.4) is 0 Å². The van der Waals surface area contributed by atoms with E-state index in [1.807, 2.05) is 11.8 Å². The lowest BCUT2D eigenvalue weighted by Gasteiger charge is -2.06. The Bertz CT molecular complexity index is 61.0. The van der Waals surface area contributed by atoms with Crippen molar-refractivity contribution in [1.29, 1.82) is 0 Å². The number of hydrogen-bond acceptors (Lipinski definition) is 2. The molecule has 0 aromatic rings. The summed E-state index contributed by atoms with van der Waals surface area (Å²) in [6.45, 7) is 2.06. The summed E-state index contributed by atoms with van der Waals surface area (Å²) >= 11 is 7.30. The molecule has 1 atom stereocenters. The summed E-state index contributed by atoms with van der Waals surface area (Å²) in [6.07, 6.45) is 0.359. The van der Waals surface area contributed by atoms with Crippen molar-refractivity contribution in [2.24, 2.45) is 0 Å². The van der Waals surface area contributed by atoms with Gasteiger partial charge in [0.05, 0.1) is 6.10 Å². The quantitative estimate of drug-likeness (QED) is 0.459. The molecule has 0 aromatic heterocycles. The molecular formula is C6H13ClOS. The lowest BCUT2D eigenvalue weighted by molar-refractivity contribution is 0.138. The molecule has 0 aliphatic rings. The van der Waals surface area contributed by atoms with Gasteiger partial charge in [0.1, 0.15) is 0 Å². The minimum Gasteiger partial charge on any atom is -0.381 e. The standard InChI is InChI=1S/C6H13ClOS/c1-6(8-2)5-9-4-3-7/h6H,3-5H2,1-2H3. The van der Waals surface area contributed by atoms with Crippen LogP contribution in [0.1, 0.15) is 6.92 Å². The highest BCUT2D eigenvalue weighted by Gasteiger charge is 1.96. The Labute approximate surface area is 66.1 Å². The topological polar surface area (TPSA) is 9.23 Å². The molecule has 0 aromatic carbocycles. The van der Waals surface area contributed by atoms with Crippen molar-refractivity contribution in [2.45, 2.75) is 13.0 Å². The lowest BCUT2D eigenvalue weighted by atomic mass is 10.5. The first-order chi connectivity index (χ1) is 4.31. The Morgan fingerprint density at radius 3 is 2.78 bits per heavy atom. The first-order valence-corrected chi connectivity index (χ1v) is 4.66. The second-order valence-corrected chi connectivity index (χ2v) is 3.34. The normalized spacial score (nSPS) is 13.7. The molecule has 0 rings (SSSR count). The van der Waals surface area contributed by atoms with Gasteiger partial charge in [-0.3, -0.25) is 0 Å². The molecule has 0 N–H and O–H groups in total. The second-order valence-electron chi connectivity index (χ2n) is 1.81. The Morgan fingerprint density at radius 2 is 2.33 bits per heavy atom. The Kier molecular flexibility index (Phi) is 7.16. The molecule has 0 radical (unpaired) electrons. The molecule has 0 heterocycles. The second kappa shape index (κ2) is 6.72. The SMILES string of the molecule is COC(C)CSCCCl. The van der Waals surface area contributed by atoms with Gasteiger partial charge < -0.3 is 4.74 Å². The van der Waals surface area contributed by atoms with Crippen LogP contribution in [0, 0.1) is 0 Å². The number of halogens is 1. The van der Waals surface area contributed by atoms with Gasteiger partial charge in [-0.2, -0.15) is 11.8 Å². The maximum absolute atomic E-state index is 5.47. The van der Waals surface area contributed by atoms with Crippen molar-refractivity contribution in [3.8, 4) is 0 Å². The molecule has 0 saturated heterocycles. The Balaban J connectivity index is 2.88. The van der Waals surface area contributed by atoms with Crippen molar-refractivity contribution >= 4 is 23.4 Å². The van der Waals surface area contributed by atoms with E-state index in [1.165, 1.54) is 0 Å². The molecule has 0 aliphatic heterocycles. The number of ether oxygens (including phenoxy) is 1. The van der Waals surface area contributed by atoms with E-state index in [-0.39, 0.29) is 0 Å². The van der Waals surface area contributed by atoms with E-state index in [0.717, 1.165) is 17.4 Å². The van der Waals surface area contributed by atoms with E-state index >= 15 is 0 Å². The predicted octanol–water partition coefficient (Wildman–Crippen LogP) is 1.99. The average molecular weight is 169 g/mol. The first kappa shape index (κ1) is 9.60. The van der Waals surface area contributed by atoms with Crippen LogP contribution in [0.4, 0.5) is 0 Å². The molecular weight excluding hydrogens is 156 g/mol. The minimum absolute atomic E-state index is 0.359. The summed E-state index contributed by atoms with van der Waals surface area (Å²) in [5.74, 6) is 2.81. The van der Waals surface area contributed by atoms with Crippen LogP contribution < -0.4 is 0 Å². The van der Waals surface area contributed by atoms with E-state index < -0.39 is 0 Å². The summed E-state index contributed by atoms with van der Waals surface area (Å²) in [5.41, 5.74) is 0. The summed E-state index contributed by atoms with van der Waals surface area (Å²) in [4.78, 5) is 0. The highest BCUT2D eigenvalue weighted by Crippen LogP contribution is 2.04. The van der Waals surface area contributed by atoms with Crippen LogP contribution in [-0.2, 0) is 4.74 Å². The molecule has 0 aliphatic carbocycles. The molecule has 0 spiro atoms. The average Bonchev–Trinajstić information content (AvgIpc) is 1.89. The molecule has 3 heteroatoms. The fourth-order valence-corrected chi connectivity index (χ4v) is 1.44. The highest BCUT2D eigenvalue weighted by molar-refractivity contribution is 7.99. The van der Waals surface area contributed by atoms with Crippen molar-refractivity contribution in [3.63, 3.8) is 0 Å². The van der Waals surface area contributed by atoms with Crippen molar-refractivity contribution in [3.05, 3.63) is 0 Å². The van der Waals surface area contributed by atoms with Crippen LogP contribution in [0.5, 0.6) is 0 Å². The lowest BCUT2D eigenvalue weighted by Crippen LogP contribution is -2.08. The molecule has 0 fully saturated rings. The van der Waals surface area contributed by atoms with E-state index in [2.05, 4.69) is 6.92 Å². The first-order valence-electron chi connectivity index (χ1n) is 2.97. The van der Waals surface area contributed by atoms with E-state index in [9.17, 15) is 0 Å². The molecule has 1 nitrogen and oxygen atoms in total. The van der Waals surface area contributed by atoms with Crippen molar-refractivity contribution in [1.82, 2.24) is 0 Å². The zero-order valence-corrected chi connectivity index (χ0v) is 7.47. The number of hydrogen-bond donors (Lipinski definition) is 0. The molecule has 1 unspecified atom stereocenters. The van der Waals surface area contributed by atoms with Crippen molar-refractivity contribution < 1.29 is 4.74 Å². The van der Waals surface area contributed by atoms with Gasteiger partial charge in [0, 0.05) is 24.5 Å². The number of methoxy groups -OCH3 is 1. The summed E-state index contributed by atoms with van der Waals surface area (Å²) in [5, 5.41) is 0. The van der Waals surface area contributed by atoms with Crippen molar-refractivity contribution in [2.75, 3.05) is 24.5 Å². The third-order valence-corrected chi connectivity index (χ3v) is 2.59. The summed E-state index contributed by atoms with van der Waals surface area (Å²) in [6, 6.07) is 0. The molecule has 56 valence electrons. The van der Waals surface area contributed by atoms with Crippen LogP contribution in [0.15, 0.2) is 0 Å². The van der Waals surface area contributed by atoms with E-state index in [1.54, 1.807) is 7.11 Å². The Morgan fingerprint density at radius 1 is 1.67 bits per heavy atom. The van der Waals surface area contributed by atoms with Crippen LogP contribution in [0.25, 0.3) is 0 Å². The zero-order valence-electron chi connectivity index (χ0n) is 5.89. The number of alkyl halides is 1. The smallest absolute Gasteiger partial charge is 0.0633 e. The monoisotopic (exact) mass is 168 g/mol. The summed E-state index contributed by atoms with van der Waals surface area (Å²) < 4.78 is 5.03. The fraction of sp³-hybridized carbons (Fsp3) is 1.00.